The summed E-state index contributed by atoms with van der Waals surface area (Å²) < 4.78 is 0. The molecule has 1 aromatic heterocycles. The van der Waals surface area contributed by atoms with E-state index >= 15 is 0 Å². The highest BCUT2D eigenvalue weighted by atomic mass is 16.2. The maximum absolute atomic E-state index is 11.8. The molecule has 0 spiro atoms. The average Bonchev–Trinajstić information content (AvgIpc) is 2.78. The van der Waals surface area contributed by atoms with Gasteiger partial charge in [-0.2, -0.15) is 0 Å². The molecule has 0 aliphatic rings. The molecule has 0 atom stereocenters. The van der Waals surface area contributed by atoms with Gasteiger partial charge in [-0.05, 0) is 31.0 Å². The van der Waals surface area contributed by atoms with Gasteiger partial charge in [0.1, 0.15) is 5.82 Å². The minimum absolute atomic E-state index is 0.164. The summed E-state index contributed by atoms with van der Waals surface area (Å²) in [6, 6.07) is 5.57. The zero-order valence-electron chi connectivity index (χ0n) is 10.6. The summed E-state index contributed by atoms with van der Waals surface area (Å²) in [4.78, 5) is 19.4. The summed E-state index contributed by atoms with van der Waals surface area (Å²) >= 11 is 0. The van der Waals surface area contributed by atoms with E-state index in [-0.39, 0.29) is 12.4 Å². The number of aliphatic hydroxyl groups is 1. The Bertz CT molecular complexity index is 546. The molecular formula is C14H18N2O2. The number of nitrogens with zero attached hydrogens (tertiary/aromatic N) is 1. The van der Waals surface area contributed by atoms with Crippen molar-refractivity contribution < 1.29 is 9.90 Å². The molecule has 1 heterocycles. The first-order valence-corrected chi connectivity index (χ1v) is 6.37. The van der Waals surface area contributed by atoms with E-state index in [2.05, 4.69) is 9.97 Å². The highest BCUT2D eigenvalue weighted by molar-refractivity contribution is 5.98. The Balaban J connectivity index is 2.25. The number of Topliss-reactive ketones (excluding diaryl/α,β-unsaturated/α-hetero) is 1. The lowest BCUT2D eigenvalue weighted by molar-refractivity contribution is 0.0982. The van der Waals surface area contributed by atoms with Gasteiger partial charge in [-0.3, -0.25) is 4.79 Å². The van der Waals surface area contributed by atoms with Crippen molar-refractivity contribution in [1.29, 1.82) is 0 Å². The van der Waals surface area contributed by atoms with E-state index in [1.807, 2.05) is 25.1 Å². The maximum atomic E-state index is 11.8. The molecule has 18 heavy (non-hydrogen) atoms. The number of carbonyl (C=O) groups excluding carboxylic acids is 1. The van der Waals surface area contributed by atoms with Crippen LogP contribution in [0.15, 0.2) is 18.2 Å². The number of nitrogens with one attached hydrogen (secondary N) is 1. The quantitative estimate of drug-likeness (QED) is 0.769. The molecule has 1 aromatic carbocycles. The molecule has 96 valence electrons. The molecule has 4 heteroatoms. The van der Waals surface area contributed by atoms with Gasteiger partial charge < -0.3 is 10.1 Å². The molecule has 2 N–H and O–H groups in total. The fourth-order valence-corrected chi connectivity index (χ4v) is 1.97. The van der Waals surface area contributed by atoms with Crippen LogP contribution in [0, 0.1) is 0 Å². The number of fused-ring (bicyclic) bond motifs is 1. The first kappa shape index (κ1) is 12.8. The van der Waals surface area contributed by atoms with Gasteiger partial charge in [0.25, 0.3) is 0 Å². The minimum atomic E-state index is 0.164. The number of aryl methyl sites for hydroxylation is 1. The van der Waals surface area contributed by atoms with Crippen LogP contribution in [0.4, 0.5) is 0 Å². The van der Waals surface area contributed by atoms with Crippen molar-refractivity contribution >= 4 is 16.8 Å². The third kappa shape index (κ3) is 2.76. The summed E-state index contributed by atoms with van der Waals surface area (Å²) in [6.45, 7) is 2.16. The van der Waals surface area contributed by atoms with E-state index in [0.29, 0.717) is 12.8 Å². The number of aromatic nitrogens is 2. The van der Waals surface area contributed by atoms with Crippen molar-refractivity contribution in [2.75, 3.05) is 6.61 Å². The molecule has 2 aromatic rings. The molecule has 0 aliphatic carbocycles. The molecule has 4 nitrogen and oxygen atoms in total. The number of benzene rings is 1. The lowest BCUT2D eigenvalue weighted by Gasteiger charge is -1.98. The Morgan fingerprint density at radius 1 is 1.44 bits per heavy atom. The number of aromatic amines is 1. The largest absolute Gasteiger partial charge is 0.396 e. The predicted octanol–water partition coefficient (Wildman–Crippen LogP) is 2.47. The van der Waals surface area contributed by atoms with Crippen molar-refractivity contribution in [1.82, 2.24) is 9.97 Å². The molecule has 0 fully saturated rings. The second-order valence-corrected chi connectivity index (χ2v) is 4.42. The van der Waals surface area contributed by atoms with Gasteiger partial charge in [0.05, 0.1) is 11.0 Å². The molecule has 0 unspecified atom stereocenters. The van der Waals surface area contributed by atoms with Crippen molar-refractivity contribution in [3.63, 3.8) is 0 Å². The maximum Gasteiger partial charge on any atom is 0.162 e. The van der Waals surface area contributed by atoms with Crippen LogP contribution in [0.25, 0.3) is 11.0 Å². The second kappa shape index (κ2) is 5.78. The fourth-order valence-electron chi connectivity index (χ4n) is 1.97. The number of aliphatic hydroxyl groups excluding tert-OH is 1. The first-order chi connectivity index (χ1) is 8.74. The van der Waals surface area contributed by atoms with Crippen LogP contribution in [0.5, 0.6) is 0 Å². The lowest BCUT2D eigenvalue weighted by atomic mass is 10.1. The summed E-state index contributed by atoms with van der Waals surface area (Å²) in [6.07, 6.45) is 2.86. The van der Waals surface area contributed by atoms with Gasteiger partial charge in [0, 0.05) is 25.0 Å². The monoisotopic (exact) mass is 246 g/mol. The van der Waals surface area contributed by atoms with Crippen LogP contribution < -0.4 is 0 Å². The number of rotatable bonds is 6. The van der Waals surface area contributed by atoms with Gasteiger partial charge >= 0.3 is 0 Å². The topological polar surface area (TPSA) is 66.0 Å². The highest BCUT2D eigenvalue weighted by Crippen LogP contribution is 2.16. The summed E-state index contributed by atoms with van der Waals surface area (Å²) in [5.41, 5.74) is 2.50. The molecule has 0 saturated carbocycles. The first-order valence-electron chi connectivity index (χ1n) is 6.37. The van der Waals surface area contributed by atoms with Crippen molar-refractivity contribution in [3.8, 4) is 0 Å². The number of hydrogen-bond acceptors (Lipinski definition) is 3. The lowest BCUT2D eigenvalue weighted by Crippen LogP contribution is -1.97. The number of hydrogen-bond donors (Lipinski definition) is 2. The Morgan fingerprint density at radius 3 is 3.00 bits per heavy atom. The van der Waals surface area contributed by atoms with Crippen LogP contribution in [0.1, 0.15) is 42.4 Å². The van der Waals surface area contributed by atoms with Gasteiger partial charge in [-0.25, -0.2) is 4.98 Å². The zero-order chi connectivity index (χ0) is 13.0. The second-order valence-electron chi connectivity index (χ2n) is 4.42. The number of carbonyl (C=O) groups is 1. The van der Waals surface area contributed by atoms with Crippen molar-refractivity contribution in [2.24, 2.45) is 0 Å². The number of H-pyrrole nitrogens is 1. The molecule has 0 bridgehead atoms. The molecule has 0 aliphatic heterocycles. The van der Waals surface area contributed by atoms with Crippen molar-refractivity contribution in [3.05, 3.63) is 29.6 Å². The predicted molar refractivity (Wildman–Crippen MR) is 70.7 cm³/mol. The molecule has 0 radical (unpaired) electrons. The number of imidazole rings is 1. The standard InChI is InChI=1S/C14H18N2O2/c1-2-4-13(18)10-6-7-11-12(9-10)16-14(15-11)5-3-8-17/h6-7,9,17H,2-5,8H2,1H3,(H,15,16). The van der Waals surface area contributed by atoms with Gasteiger partial charge in [-0.1, -0.05) is 6.92 Å². The van der Waals surface area contributed by atoms with E-state index in [0.717, 1.165) is 35.3 Å². The van der Waals surface area contributed by atoms with Crippen LogP contribution in [-0.2, 0) is 6.42 Å². The Kier molecular flexibility index (Phi) is 4.10. The average molecular weight is 246 g/mol. The summed E-state index contributed by atoms with van der Waals surface area (Å²) in [7, 11) is 0. The van der Waals surface area contributed by atoms with Crippen LogP contribution in [0.3, 0.4) is 0 Å². The van der Waals surface area contributed by atoms with Crippen LogP contribution in [0.2, 0.25) is 0 Å². The van der Waals surface area contributed by atoms with E-state index < -0.39 is 0 Å². The normalized spacial score (nSPS) is 11.0. The highest BCUT2D eigenvalue weighted by Gasteiger charge is 2.08. The van der Waals surface area contributed by atoms with E-state index in [1.54, 1.807) is 0 Å². The van der Waals surface area contributed by atoms with Gasteiger partial charge in [-0.15, -0.1) is 0 Å². The molecule has 0 amide bonds. The smallest absolute Gasteiger partial charge is 0.162 e. The molecule has 0 saturated heterocycles. The Hall–Kier alpha value is -1.68. The van der Waals surface area contributed by atoms with Crippen molar-refractivity contribution in [2.45, 2.75) is 32.6 Å². The zero-order valence-corrected chi connectivity index (χ0v) is 10.6. The molecular weight excluding hydrogens is 228 g/mol. The van der Waals surface area contributed by atoms with Gasteiger partial charge in [0.2, 0.25) is 0 Å². The Labute approximate surface area is 106 Å². The summed E-state index contributed by atoms with van der Waals surface area (Å²) in [5.74, 6) is 1.03. The summed E-state index contributed by atoms with van der Waals surface area (Å²) in [5, 5.41) is 8.79. The van der Waals surface area contributed by atoms with Gasteiger partial charge in [0.15, 0.2) is 5.78 Å². The number of ketones is 1. The third-order valence-corrected chi connectivity index (χ3v) is 2.90. The van der Waals surface area contributed by atoms with Crippen LogP contribution in [-0.4, -0.2) is 27.5 Å². The SMILES string of the molecule is CCCC(=O)c1ccc2nc(CCCO)[nH]c2c1. The third-order valence-electron chi connectivity index (χ3n) is 2.90. The van der Waals surface area contributed by atoms with E-state index in [1.165, 1.54) is 0 Å². The molecule has 2 rings (SSSR count). The minimum Gasteiger partial charge on any atom is -0.396 e. The van der Waals surface area contributed by atoms with E-state index in [9.17, 15) is 4.79 Å². The van der Waals surface area contributed by atoms with E-state index in [4.69, 9.17) is 5.11 Å². The fraction of sp³-hybridized carbons (Fsp3) is 0.429. The van der Waals surface area contributed by atoms with Crippen LogP contribution >= 0.6 is 0 Å². The Morgan fingerprint density at radius 2 is 2.28 bits per heavy atom.